The van der Waals surface area contributed by atoms with Gasteiger partial charge in [0, 0.05) is 28.8 Å². The summed E-state index contributed by atoms with van der Waals surface area (Å²) in [7, 11) is 2.10. The molecule has 156 valence electrons. The maximum absolute atomic E-state index is 12.4. The van der Waals surface area contributed by atoms with E-state index in [0.29, 0.717) is 10.9 Å². The molecule has 4 rings (SSSR count). The number of aliphatic hydroxyl groups excluding tert-OH is 1. The van der Waals surface area contributed by atoms with Crippen LogP contribution in [0.1, 0.15) is 32.9 Å². The molecule has 2 N–H and O–H groups in total. The highest BCUT2D eigenvalue weighted by atomic mass is 32.2. The monoisotopic (exact) mass is 435 g/mol. The summed E-state index contributed by atoms with van der Waals surface area (Å²) in [6.07, 6.45) is 2.33. The number of fused-ring (bicyclic) bond motifs is 1. The van der Waals surface area contributed by atoms with E-state index in [1.807, 2.05) is 12.3 Å². The van der Waals surface area contributed by atoms with E-state index >= 15 is 0 Å². The highest BCUT2D eigenvalue weighted by molar-refractivity contribution is 8.04. The van der Waals surface area contributed by atoms with E-state index in [9.17, 15) is 19.8 Å². The Morgan fingerprint density at radius 2 is 2.14 bits per heavy atom. The van der Waals surface area contributed by atoms with Crippen LogP contribution in [0.3, 0.4) is 0 Å². The first-order valence-corrected chi connectivity index (χ1v) is 11.4. The summed E-state index contributed by atoms with van der Waals surface area (Å²) in [5.41, 5.74) is 2.21. The van der Waals surface area contributed by atoms with Crippen molar-refractivity contribution in [2.24, 2.45) is 11.8 Å². The number of β-lactam (4-membered cyclic amide) rings is 1. The smallest absolute Gasteiger partial charge is 0.353 e. The minimum atomic E-state index is -1.11. The normalized spacial score (nSPS) is 30.9. The number of carbonyl (C=O) groups excluding carboxylic acids is 1. The summed E-state index contributed by atoms with van der Waals surface area (Å²) in [6, 6.07) is 0.156. The fourth-order valence-electron chi connectivity index (χ4n) is 4.40. The van der Waals surface area contributed by atoms with Gasteiger partial charge in [0.25, 0.3) is 0 Å². The van der Waals surface area contributed by atoms with Gasteiger partial charge in [0.05, 0.1) is 23.8 Å². The second-order valence-corrected chi connectivity index (χ2v) is 10.2. The van der Waals surface area contributed by atoms with Crippen LogP contribution in [0.4, 0.5) is 0 Å². The summed E-state index contributed by atoms with van der Waals surface area (Å²) >= 11 is 2.83. The Bertz CT molecular complexity index is 923. The number of carboxylic acids is 1. The molecule has 9 heteroatoms. The number of carboxylic acid groups (broad SMARTS) is 1. The van der Waals surface area contributed by atoms with Gasteiger partial charge in [-0.05, 0) is 32.9 Å². The number of aliphatic hydroxyl groups is 1. The van der Waals surface area contributed by atoms with Crippen molar-refractivity contribution in [1.82, 2.24) is 14.8 Å². The fraction of sp³-hybridized carbons (Fsp3) is 0.550. The molecule has 0 spiro atoms. The molecule has 0 radical (unpaired) electrons. The van der Waals surface area contributed by atoms with Crippen LogP contribution in [0.5, 0.6) is 0 Å². The van der Waals surface area contributed by atoms with Crippen LogP contribution in [0.15, 0.2) is 26.4 Å². The number of thioether (sulfide) groups is 1. The lowest BCUT2D eigenvalue weighted by Gasteiger charge is -2.46. The topological polar surface area (TPSA) is 94.0 Å². The summed E-state index contributed by atoms with van der Waals surface area (Å²) < 4.78 is 0.775. The molecule has 1 fully saturated rings. The molecule has 0 aliphatic carbocycles. The maximum Gasteiger partial charge on any atom is 0.353 e. The Kier molecular flexibility index (Phi) is 5.35. The quantitative estimate of drug-likeness (QED) is 0.686. The van der Waals surface area contributed by atoms with Gasteiger partial charge >= 0.3 is 5.97 Å². The van der Waals surface area contributed by atoms with Gasteiger partial charge < -0.3 is 15.1 Å². The van der Waals surface area contributed by atoms with Crippen LogP contribution in [-0.4, -0.2) is 68.7 Å². The number of nitrogens with zero attached hydrogens (tertiary/aromatic N) is 3. The van der Waals surface area contributed by atoms with E-state index < -0.39 is 18.0 Å². The number of rotatable bonds is 5. The van der Waals surface area contributed by atoms with Crippen molar-refractivity contribution < 1.29 is 19.8 Å². The largest absolute Gasteiger partial charge is 0.477 e. The van der Waals surface area contributed by atoms with Crippen LogP contribution >= 0.6 is 23.1 Å². The lowest BCUT2D eigenvalue weighted by Crippen LogP contribution is -2.63. The number of carbonyl (C=O) groups is 2. The first-order chi connectivity index (χ1) is 13.7. The molecular weight excluding hydrogens is 410 g/mol. The third-order valence-electron chi connectivity index (χ3n) is 6.21. The molecule has 29 heavy (non-hydrogen) atoms. The predicted octanol–water partition coefficient (Wildman–Crippen LogP) is 2.50. The van der Waals surface area contributed by atoms with E-state index in [2.05, 4.69) is 24.9 Å². The van der Waals surface area contributed by atoms with E-state index in [1.165, 1.54) is 33.6 Å². The first-order valence-electron chi connectivity index (χ1n) is 9.72. The van der Waals surface area contributed by atoms with Crippen molar-refractivity contribution in [3.63, 3.8) is 0 Å². The second-order valence-electron chi connectivity index (χ2n) is 8.09. The standard InChI is InChI=1S/C20H25N3O4S2/c1-9-7-12(5-6-22(9)4)13-8-28-20(21-13)29-17-10(2)15-14(11(3)24)18(25)23(15)16(17)19(26)27/h5,8-11,14-15,24H,6-7H2,1-4H3,(H,26,27)/t9-,10+,11+,14+,15+/m0/s1. The Hall–Kier alpha value is -1.68. The molecule has 3 aliphatic rings. The molecule has 0 aromatic carbocycles. The van der Waals surface area contributed by atoms with Crippen molar-refractivity contribution in [2.75, 3.05) is 13.6 Å². The molecule has 5 atom stereocenters. The molecule has 1 amide bonds. The third kappa shape index (κ3) is 3.34. The SMILES string of the molecule is C[C@@H](O)[C@H]1C(=O)N2C(C(=O)O)=C(Sc3nc(C4=CCN(C)[C@@H](C)C4)cs3)[C@H](C)[C@H]12. The first kappa shape index (κ1) is 20.6. The van der Waals surface area contributed by atoms with Gasteiger partial charge in [0.1, 0.15) is 5.70 Å². The van der Waals surface area contributed by atoms with Crippen molar-refractivity contribution in [3.8, 4) is 0 Å². The van der Waals surface area contributed by atoms with Gasteiger partial charge in [-0.25, -0.2) is 9.78 Å². The fourth-order valence-corrected chi connectivity index (χ4v) is 6.52. The van der Waals surface area contributed by atoms with Crippen LogP contribution in [0.2, 0.25) is 0 Å². The zero-order valence-corrected chi connectivity index (χ0v) is 18.5. The van der Waals surface area contributed by atoms with Crippen LogP contribution in [0, 0.1) is 11.8 Å². The van der Waals surface area contributed by atoms with E-state index in [1.54, 1.807) is 6.92 Å². The Morgan fingerprint density at radius 3 is 2.76 bits per heavy atom. The number of aromatic nitrogens is 1. The maximum atomic E-state index is 12.4. The Morgan fingerprint density at radius 1 is 1.41 bits per heavy atom. The van der Waals surface area contributed by atoms with E-state index in [-0.39, 0.29) is 23.6 Å². The van der Waals surface area contributed by atoms with Crippen molar-refractivity contribution in [3.05, 3.63) is 27.8 Å². The molecule has 0 saturated carbocycles. The molecule has 0 unspecified atom stereocenters. The summed E-state index contributed by atoms with van der Waals surface area (Å²) in [6.45, 7) is 6.59. The highest BCUT2D eigenvalue weighted by Gasteiger charge is 2.60. The zero-order valence-electron chi connectivity index (χ0n) is 16.8. The predicted molar refractivity (Wildman–Crippen MR) is 112 cm³/mol. The Labute approximate surface area is 178 Å². The molecular formula is C20H25N3O4S2. The van der Waals surface area contributed by atoms with Gasteiger partial charge in [-0.3, -0.25) is 9.69 Å². The molecule has 0 bridgehead atoms. The molecule has 1 saturated heterocycles. The van der Waals surface area contributed by atoms with Crippen LogP contribution < -0.4 is 0 Å². The molecule has 1 aromatic rings. The van der Waals surface area contributed by atoms with Gasteiger partial charge in [0.15, 0.2) is 4.34 Å². The van der Waals surface area contributed by atoms with Crippen molar-refractivity contribution >= 4 is 40.5 Å². The average Bonchev–Trinajstić information content (AvgIpc) is 3.20. The number of thiazole rings is 1. The van der Waals surface area contributed by atoms with E-state index in [4.69, 9.17) is 4.98 Å². The minimum absolute atomic E-state index is 0.0401. The van der Waals surface area contributed by atoms with Crippen molar-refractivity contribution in [2.45, 2.75) is 49.7 Å². The zero-order chi connectivity index (χ0) is 21.0. The van der Waals surface area contributed by atoms with Crippen LogP contribution in [0.25, 0.3) is 5.57 Å². The molecule has 3 aliphatic heterocycles. The van der Waals surface area contributed by atoms with Gasteiger partial charge in [-0.2, -0.15) is 0 Å². The van der Waals surface area contributed by atoms with Crippen molar-refractivity contribution in [1.29, 1.82) is 0 Å². The minimum Gasteiger partial charge on any atom is -0.477 e. The molecule has 4 heterocycles. The third-order valence-corrected chi connectivity index (χ3v) is 8.44. The van der Waals surface area contributed by atoms with Crippen LogP contribution in [-0.2, 0) is 9.59 Å². The number of amides is 1. The van der Waals surface area contributed by atoms with Gasteiger partial charge in [-0.1, -0.05) is 24.8 Å². The lowest BCUT2D eigenvalue weighted by molar-refractivity contribution is -0.163. The number of hydrogen-bond donors (Lipinski definition) is 2. The number of aliphatic carboxylic acids is 1. The van der Waals surface area contributed by atoms with Gasteiger partial charge in [-0.15, -0.1) is 11.3 Å². The lowest BCUT2D eigenvalue weighted by atomic mass is 9.79. The summed E-state index contributed by atoms with van der Waals surface area (Å²) in [5, 5.41) is 21.7. The average molecular weight is 436 g/mol. The molecule has 1 aromatic heterocycles. The van der Waals surface area contributed by atoms with Gasteiger partial charge in [0.2, 0.25) is 5.91 Å². The summed E-state index contributed by atoms with van der Waals surface area (Å²) in [4.78, 5) is 33.4. The molecule has 7 nitrogen and oxygen atoms in total. The number of hydrogen-bond acceptors (Lipinski definition) is 7. The highest BCUT2D eigenvalue weighted by Crippen LogP contribution is 2.52. The Balaban J connectivity index is 1.59. The summed E-state index contributed by atoms with van der Waals surface area (Å²) in [5.74, 6) is -2.12. The second kappa shape index (κ2) is 7.54. The van der Waals surface area contributed by atoms with E-state index in [0.717, 1.165) is 23.0 Å². The number of likely N-dealkylation sites (N-methyl/N-ethyl adjacent to an activating group) is 1.